The Bertz CT molecular complexity index is 630. The molecule has 0 bridgehead atoms. The van der Waals surface area contributed by atoms with Crippen LogP contribution in [-0.2, 0) is 0 Å². The number of carbonyl (C=O) groups is 1. The number of tetrazole rings is 1. The first kappa shape index (κ1) is 15.0. The van der Waals surface area contributed by atoms with E-state index in [1.165, 1.54) is 13.0 Å². The summed E-state index contributed by atoms with van der Waals surface area (Å²) in [6, 6.07) is 1.40. The van der Waals surface area contributed by atoms with Crippen LogP contribution in [0.1, 0.15) is 47.6 Å². The van der Waals surface area contributed by atoms with E-state index in [-0.39, 0.29) is 11.1 Å². The molecule has 0 spiro atoms. The van der Waals surface area contributed by atoms with Crippen molar-refractivity contribution in [3.05, 3.63) is 40.7 Å². The van der Waals surface area contributed by atoms with Gasteiger partial charge >= 0.3 is 0 Å². The highest BCUT2D eigenvalue weighted by Gasteiger charge is 2.21. The van der Waals surface area contributed by atoms with Crippen LogP contribution in [0.15, 0.2) is 12.1 Å². The van der Waals surface area contributed by atoms with Gasteiger partial charge < -0.3 is 5.32 Å². The molecule has 2 aromatic rings. The topological polar surface area (TPSA) is 83.6 Å². The zero-order chi connectivity index (χ0) is 15.4. The number of H-pyrrole nitrogens is 1. The molecule has 6 nitrogen and oxygen atoms in total. The summed E-state index contributed by atoms with van der Waals surface area (Å²) in [4.78, 5) is 12.1. The lowest BCUT2D eigenvalue weighted by Gasteiger charge is -2.15. The molecular weight excluding hydrogens is 280 g/mol. The molecule has 0 aliphatic heterocycles. The summed E-state index contributed by atoms with van der Waals surface area (Å²) in [5.74, 6) is -1.91. The summed E-state index contributed by atoms with van der Waals surface area (Å²) < 4.78 is 26.9. The van der Waals surface area contributed by atoms with Crippen LogP contribution in [0.5, 0.6) is 0 Å². The second-order valence-corrected chi connectivity index (χ2v) is 4.67. The zero-order valence-corrected chi connectivity index (χ0v) is 11.7. The minimum atomic E-state index is -0.904. The van der Waals surface area contributed by atoms with Crippen LogP contribution in [0.4, 0.5) is 8.78 Å². The van der Waals surface area contributed by atoms with E-state index in [2.05, 4.69) is 25.9 Å². The molecule has 0 radical (unpaired) electrons. The van der Waals surface area contributed by atoms with E-state index in [9.17, 15) is 13.6 Å². The van der Waals surface area contributed by atoms with Crippen LogP contribution in [0.2, 0.25) is 0 Å². The van der Waals surface area contributed by atoms with Gasteiger partial charge in [0.15, 0.2) is 5.82 Å². The van der Waals surface area contributed by atoms with Gasteiger partial charge in [-0.3, -0.25) is 4.79 Å². The maximum atomic E-state index is 13.7. The Morgan fingerprint density at radius 2 is 2.14 bits per heavy atom. The third kappa shape index (κ3) is 3.39. The van der Waals surface area contributed by atoms with Gasteiger partial charge in [0.05, 0.1) is 11.6 Å². The van der Waals surface area contributed by atoms with Crippen molar-refractivity contribution in [1.82, 2.24) is 25.9 Å². The van der Waals surface area contributed by atoms with Gasteiger partial charge in [0.1, 0.15) is 11.6 Å². The Labute approximate surface area is 119 Å². The fourth-order valence-electron chi connectivity index (χ4n) is 1.94. The standard InChI is InChI=1S/C13H15F2N5O/c1-3-4-11(12-17-19-20-18-12)16-13(21)8-5-7(2)9(14)6-10(8)15/h5-6,11H,3-4H2,1-2H3,(H,16,21)(H,17,18,19,20)/t11-/m1/s1. The second-order valence-electron chi connectivity index (χ2n) is 4.67. The molecule has 1 heterocycles. The molecule has 1 amide bonds. The van der Waals surface area contributed by atoms with Gasteiger partial charge in [-0.1, -0.05) is 18.6 Å². The van der Waals surface area contributed by atoms with Crippen molar-refractivity contribution in [3.8, 4) is 0 Å². The van der Waals surface area contributed by atoms with Gasteiger partial charge in [-0.2, -0.15) is 5.21 Å². The fraction of sp³-hybridized carbons (Fsp3) is 0.385. The van der Waals surface area contributed by atoms with Crippen LogP contribution in [0.3, 0.4) is 0 Å². The number of carbonyl (C=O) groups excluding carboxylic acids is 1. The maximum Gasteiger partial charge on any atom is 0.254 e. The first-order chi connectivity index (χ1) is 10.0. The van der Waals surface area contributed by atoms with Crippen molar-refractivity contribution in [2.24, 2.45) is 0 Å². The summed E-state index contributed by atoms with van der Waals surface area (Å²) in [5.41, 5.74) is -0.00773. The summed E-state index contributed by atoms with van der Waals surface area (Å²) >= 11 is 0. The smallest absolute Gasteiger partial charge is 0.254 e. The zero-order valence-electron chi connectivity index (χ0n) is 11.7. The summed E-state index contributed by atoms with van der Waals surface area (Å²) in [5, 5.41) is 16.0. The first-order valence-electron chi connectivity index (χ1n) is 6.52. The number of aromatic nitrogens is 4. The largest absolute Gasteiger partial charge is 0.342 e. The lowest BCUT2D eigenvalue weighted by Crippen LogP contribution is -2.30. The molecule has 0 unspecified atom stereocenters. The van der Waals surface area contributed by atoms with Crippen LogP contribution >= 0.6 is 0 Å². The number of hydrogen-bond donors (Lipinski definition) is 2. The SMILES string of the molecule is CCC[C@@H](NC(=O)c1cc(C)c(F)cc1F)c1nn[nH]n1. The van der Waals surface area contributed by atoms with Crippen molar-refractivity contribution in [3.63, 3.8) is 0 Å². The van der Waals surface area contributed by atoms with E-state index in [4.69, 9.17) is 0 Å². The predicted molar refractivity (Wildman–Crippen MR) is 70.4 cm³/mol. The van der Waals surface area contributed by atoms with E-state index >= 15 is 0 Å². The minimum Gasteiger partial charge on any atom is -0.342 e. The highest BCUT2D eigenvalue weighted by atomic mass is 19.1. The summed E-state index contributed by atoms with van der Waals surface area (Å²) in [6.45, 7) is 3.40. The highest BCUT2D eigenvalue weighted by molar-refractivity contribution is 5.94. The Morgan fingerprint density at radius 3 is 2.76 bits per heavy atom. The number of rotatable bonds is 5. The first-order valence-corrected chi connectivity index (χ1v) is 6.52. The molecule has 112 valence electrons. The molecule has 2 N–H and O–H groups in total. The number of hydrogen-bond acceptors (Lipinski definition) is 4. The summed E-state index contributed by atoms with van der Waals surface area (Å²) in [6.07, 6.45) is 1.34. The second kappa shape index (κ2) is 6.38. The Balaban J connectivity index is 2.21. The number of halogens is 2. The van der Waals surface area contributed by atoms with E-state index in [0.29, 0.717) is 18.3 Å². The number of aromatic amines is 1. The number of aryl methyl sites for hydroxylation is 1. The molecule has 0 saturated heterocycles. The van der Waals surface area contributed by atoms with E-state index in [1.54, 1.807) is 0 Å². The highest BCUT2D eigenvalue weighted by Crippen LogP contribution is 2.17. The van der Waals surface area contributed by atoms with Crippen LogP contribution < -0.4 is 5.32 Å². The normalized spacial score (nSPS) is 12.2. The van der Waals surface area contributed by atoms with E-state index < -0.39 is 23.6 Å². The van der Waals surface area contributed by atoms with Crippen molar-refractivity contribution in [1.29, 1.82) is 0 Å². The van der Waals surface area contributed by atoms with Gasteiger partial charge in [0, 0.05) is 6.07 Å². The molecule has 2 rings (SSSR count). The van der Waals surface area contributed by atoms with Crippen molar-refractivity contribution < 1.29 is 13.6 Å². The van der Waals surface area contributed by atoms with Crippen molar-refractivity contribution >= 4 is 5.91 Å². The van der Waals surface area contributed by atoms with Crippen LogP contribution in [0, 0.1) is 18.6 Å². The van der Waals surface area contributed by atoms with Gasteiger partial charge in [-0.05, 0) is 25.0 Å². The quantitative estimate of drug-likeness (QED) is 0.884. The lowest BCUT2D eigenvalue weighted by molar-refractivity contribution is 0.0928. The molecule has 0 aliphatic carbocycles. The van der Waals surface area contributed by atoms with Crippen molar-refractivity contribution in [2.75, 3.05) is 0 Å². The third-order valence-electron chi connectivity index (χ3n) is 3.05. The van der Waals surface area contributed by atoms with Gasteiger partial charge in [0.2, 0.25) is 0 Å². The number of nitrogens with one attached hydrogen (secondary N) is 2. The lowest BCUT2D eigenvalue weighted by atomic mass is 10.1. The van der Waals surface area contributed by atoms with Crippen LogP contribution in [0.25, 0.3) is 0 Å². The molecular formula is C13H15F2N5O. The maximum absolute atomic E-state index is 13.7. The predicted octanol–water partition coefficient (Wildman–Crippen LogP) is 2.06. The molecule has 21 heavy (non-hydrogen) atoms. The van der Waals surface area contributed by atoms with E-state index in [0.717, 1.165) is 6.42 Å². The Morgan fingerprint density at radius 1 is 1.38 bits per heavy atom. The third-order valence-corrected chi connectivity index (χ3v) is 3.05. The average Bonchev–Trinajstić information content (AvgIpc) is 2.96. The molecule has 8 heteroatoms. The molecule has 0 aliphatic rings. The van der Waals surface area contributed by atoms with Gasteiger partial charge in [0.25, 0.3) is 5.91 Å². The Kier molecular flexibility index (Phi) is 4.56. The molecule has 0 fully saturated rings. The molecule has 1 aromatic carbocycles. The Hall–Kier alpha value is -2.38. The number of nitrogens with zero attached hydrogens (tertiary/aromatic N) is 3. The van der Waals surface area contributed by atoms with Crippen molar-refractivity contribution in [2.45, 2.75) is 32.7 Å². The fourth-order valence-corrected chi connectivity index (χ4v) is 1.94. The molecule has 0 saturated carbocycles. The number of benzene rings is 1. The van der Waals surface area contributed by atoms with Gasteiger partial charge in [-0.15, -0.1) is 10.2 Å². The van der Waals surface area contributed by atoms with Crippen LogP contribution in [-0.4, -0.2) is 26.5 Å². The molecule has 1 aromatic heterocycles. The monoisotopic (exact) mass is 295 g/mol. The minimum absolute atomic E-state index is 0.202. The van der Waals surface area contributed by atoms with Gasteiger partial charge in [-0.25, -0.2) is 8.78 Å². The molecule has 1 atom stereocenters. The average molecular weight is 295 g/mol. The summed E-state index contributed by atoms with van der Waals surface area (Å²) in [7, 11) is 0. The van der Waals surface area contributed by atoms with E-state index in [1.807, 2.05) is 6.92 Å². The number of amides is 1.